The number of carbonyl (C=O) groups is 1. The number of hydrogen-bond donors (Lipinski definition) is 1. The van der Waals surface area contributed by atoms with Gasteiger partial charge in [0.25, 0.3) is 5.91 Å². The lowest BCUT2D eigenvalue weighted by molar-refractivity contribution is 0.0948. The Labute approximate surface area is 159 Å². The summed E-state index contributed by atoms with van der Waals surface area (Å²) in [5, 5.41) is 7.38. The van der Waals surface area contributed by atoms with Crippen LogP contribution in [-0.4, -0.2) is 35.3 Å². The van der Waals surface area contributed by atoms with Crippen molar-refractivity contribution in [3.8, 4) is 0 Å². The Kier molecular flexibility index (Phi) is 5.19. The van der Waals surface area contributed by atoms with Crippen LogP contribution in [0.25, 0.3) is 0 Å². The molecule has 0 bridgehead atoms. The zero-order valence-electron chi connectivity index (χ0n) is 15.3. The Hall–Kier alpha value is -3.08. The Balaban J connectivity index is 1.28. The van der Waals surface area contributed by atoms with E-state index in [0.717, 1.165) is 19.5 Å². The fourth-order valence-corrected chi connectivity index (χ4v) is 3.55. The number of benzene rings is 2. The molecule has 0 saturated carbocycles. The Morgan fingerprint density at radius 2 is 1.81 bits per heavy atom. The highest BCUT2D eigenvalue weighted by Crippen LogP contribution is 2.23. The lowest BCUT2D eigenvalue weighted by Gasteiger charge is -2.18. The average molecular weight is 360 g/mol. The molecule has 1 N–H and O–H groups in total. The van der Waals surface area contributed by atoms with E-state index in [-0.39, 0.29) is 5.91 Å². The second-order valence-corrected chi connectivity index (χ2v) is 7.06. The van der Waals surface area contributed by atoms with E-state index in [0.29, 0.717) is 24.6 Å². The molecule has 0 spiro atoms. The Morgan fingerprint density at radius 1 is 1.07 bits per heavy atom. The molecule has 1 aliphatic rings. The molecule has 0 radical (unpaired) electrons. The van der Waals surface area contributed by atoms with Crippen molar-refractivity contribution in [2.24, 2.45) is 5.92 Å². The van der Waals surface area contributed by atoms with Gasteiger partial charge in [-0.2, -0.15) is 5.10 Å². The second-order valence-electron chi connectivity index (χ2n) is 7.06. The summed E-state index contributed by atoms with van der Waals surface area (Å²) in [5.41, 5.74) is 3.04. The third-order valence-electron chi connectivity index (χ3n) is 5.04. The van der Waals surface area contributed by atoms with E-state index in [4.69, 9.17) is 0 Å². The van der Waals surface area contributed by atoms with Crippen LogP contribution < -0.4 is 10.2 Å². The van der Waals surface area contributed by atoms with E-state index in [1.54, 1.807) is 10.9 Å². The van der Waals surface area contributed by atoms with Gasteiger partial charge in [0.15, 0.2) is 0 Å². The quantitative estimate of drug-likeness (QED) is 0.734. The lowest BCUT2D eigenvalue weighted by atomic mass is 10.1. The first-order valence-electron chi connectivity index (χ1n) is 9.42. The van der Waals surface area contributed by atoms with Gasteiger partial charge in [0.05, 0.1) is 18.3 Å². The molecule has 1 aliphatic heterocycles. The maximum absolute atomic E-state index is 12.4. The van der Waals surface area contributed by atoms with Crippen molar-refractivity contribution in [2.75, 3.05) is 24.5 Å². The zero-order chi connectivity index (χ0) is 18.5. The number of anilines is 1. The number of para-hydroxylation sites is 1. The summed E-state index contributed by atoms with van der Waals surface area (Å²) in [6.07, 6.45) is 4.55. The SMILES string of the molecule is O=C(NCC1CCN(c2ccccc2)C1)c1cnn(Cc2ccccc2)c1. The number of rotatable bonds is 6. The molecule has 138 valence electrons. The minimum absolute atomic E-state index is 0.0486. The van der Waals surface area contributed by atoms with Gasteiger partial charge in [0.2, 0.25) is 0 Å². The molecule has 5 heteroatoms. The smallest absolute Gasteiger partial charge is 0.254 e. The molecule has 4 rings (SSSR count). The third-order valence-corrected chi connectivity index (χ3v) is 5.04. The molecule has 1 fully saturated rings. The number of nitrogens with one attached hydrogen (secondary N) is 1. The fraction of sp³-hybridized carbons (Fsp3) is 0.273. The van der Waals surface area contributed by atoms with E-state index in [9.17, 15) is 4.79 Å². The van der Waals surface area contributed by atoms with Gasteiger partial charge in [0, 0.05) is 31.5 Å². The molecule has 2 aromatic carbocycles. The molecule has 5 nitrogen and oxygen atoms in total. The second kappa shape index (κ2) is 8.08. The van der Waals surface area contributed by atoms with Crippen molar-refractivity contribution in [3.05, 3.63) is 84.2 Å². The van der Waals surface area contributed by atoms with Crippen molar-refractivity contribution in [1.29, 1.82) is 0 Å². The van der Waals surface area contributed by atoms with Gasteiger partial charge in [0.1, 0.15) is 0 Å². The highest BCUT2D eigenvalue weighted by atomic mass is 16.1. The molecular formula is C22H24N4O. The molecule has 1 atom stereocenters. The van der Waals surface area contributed by atoms with Crippen molar-refractivity contribution in [1.82, 2.24) is 15.1 Å². The number of aromatic nitrogens is 2. The van der Waals surface area contributed by atoms with E-state index in [2.05, 4.69) is 51.7 Å². The first-order chi connectivity index (χ1) is 13.3. The van der Waals surface area contributed by atoms with Crippen molar-refractivity contribution < 1.29 is 4.79 Å². The summed E-state index contributed by atoms with van der Waals surface area (Å²) in [6, 6.07) is 20.6. The first kappa shape index (κ1) is 17.3. The van der Waals surface area contributed by atoms with Gasteiger partial charge in [-0.05, 0) is 30.0 Å². The zero-order valence-corrected chi connectivity index (χ0v) is 15.3. The van der Waals surface area contributed by atoms with Gasteiger partial charge < -0.3 is 10.2 Å². The van der Waals surface area contributed by atoms with Crippen LogP contribution in [0.1, 0.15) is 22.3 Å². The number of nitrogens with zero attached hydrogens (tertiary/aromatic N) is 3. The van der Waals surface area contributed by atoms with E-state index < -0.39 is 0 Å². The number of carbonyl (C=O) groups excluding carboxylic acids is 1. The van der Waals surface area contributed by atoms with E-state index in [1.165, 1.54) is 11.3 Å². The third kappa shape index (κ3) is 4.37. The highest BCUT2D eigenvalue weighted by Gasteiger charge is 2.23. The molecule has 1 unspecified atom stereocenters. The van der Waals surface area contributed by atoms with Crippen molar-refractivity contribution >= 4 is 11.6 Å². The Morgan fingerprint density at radius 3 is 2.59 bits per heavy atom. The molecule has 27 heavy (non-hydrogen) atoms. The topological polar surface area (TPSA) is 50.2 Å². The minimum Gasteiger partial charge on any atom is -0.371 e. The standard InChI is InChI=1S/C22H24N4O/c27-22(20-14-24-26(17-20)16-18-7-3-1-4-8-18)23-13-19-11-12-25(15-19)21-9-5-2-6-10-21/h1-10,14,17,19H,11-13,15-16H2,(H,23,27). The molecule has 1 saturated heterocycles. The molecule has 1 aromatic heterocycles. The van der Waals surface area contributed by atoms with Gasteiger partial charge in [-0.15, -0.1) is 0 Å². The highest BCUT2D eigenvalue weighted by molar-refractivity contribution is 5.93. The lowest BCUT2D eigenvalue weighted by Crippen LogP contribution is -2.30. The summed E-state index contributed by atoms with van der Waals surface area (Å²) >= 11 is 0. The van der Waals surface area contributed by atoms with Crippen LogP contribution in [0.2, 0.25) is 0 Å². The summed E-state index contributed by atoms with van der Waals surface area (Å²) < 4.78 is 1.80. The maximum atomic E-state index is 12.4. The molecular weight excluding hydrogens is 336 g/mol. The van der Waals surface area contributed by atoms with Crippen LogP contribution in [0.4, 0.5) is 5.69 Å². The molecule has 1 amide bonds. The van der Waals surface area contributed by atoms with E-state index >= 15 is 0 Å². The average Bonchev–Trinajstić information content (AvgIpc) is 3.37. The van der Waals surface area contributed by atoms with Crippen LogP contribution in [0, 0.1) is 5.92 Å². The van der Waals surface area contributed by atoms with Crippen molar-refractivity contribution in [3.63, 3.8) is 0 Å². The molecule has 3 aromatic rings. The first-order valence-corrected chi connectivity index (χ1v) is 9.42. The number of hydrogen-bond acceptors (Lipinski definition) is 3. The molecule has 2 heterocycles. The predicted octanol–water partition coefficient (Wildman–Crippen LogP) is 3.19. The summed E-state index contributed by atoms with van der Waals surface area (Å²) in [5.74, 6) is 0.431. The van der Waals surface area contributed by atoms with Crippen LogP contribution >= 0.6 is 0 Å². The largest absolute Gasteiger partial charge is 0.371 e. The van der Waals surface area contributed by atoms with Gasteiger partial charge >= 0.3 is 0 Å². The fourth-order valence-electron chi connectivity index (χ4n) is 3.55. The van der Waals surface area contributed by atoms with E-state index in [1.807, 2.05) is 30.5 Å². The van der Waals surface area contributed by atoms with Crippen LogP contribution in [0.5, 0.6) is 0 Å². The maximum Gasteiger partial charge on any atom is 0.254 e. The van der Waals surface area contributed by atoms with Crippen LogP contribution in [0.15, 0.2) is 73.1 Å². The minimum atomic E-state index is -0.0486. The van der Waals surface area contributed by atoms with Gasteiger partial charge in [-0.3, -0.25) is 9.48 Å². The predicted molar refractivity (Wildman–Crippen MR) is 107 cm³/mol. The monoisotopic (exact) mass is 360 g/mol. The van der Waals surface area contributed by atoms with Crippen molar-refractivity contribution in [2.45, 2.75) is 13.0 Å². The number of amides is 1. The van der Waals surface area contributed by atoms with Crippen LogP contribution in [-0.2, 0) is 6.54 Å². The Bertz CT molecular complexity index is 876. The molecule has 0 aliphatic carbocycles. The van der Waals surface area contributed by atoms with Gasteiger partial charge in [-0.1, -0.05) is 48.5 Å². The normalized spacial score (nSPS) is 16.4. The van der Waals surface area contributed by atoms with Gasteiger partial charge in [-0.25, -0.2) is 0 Å². The summed E-state index contributed by atoms with van der Waals surface area (Å²) in [4.78, 5) is 14.8. The summed E-state index contributed by atoms with van der Waals surface area (Å²) in [6.45, 7) is 3.39. The van der Waals surface area contributed by atoms with Crippen LogP contribution in [0.3, 0.4) is 0 Å². The summed E-state index contributed by atoms with van der Waals surface area (Å²) in [7, 11) is 0.